The molecule has 0 spiro atoms. The van der Waals surface area contributed by atoms with Crippen molar-refractivity contribution in [3.8, 4) is 11.1 Å². The number of likely N-dealkylation sites (tertiary alicyclic amines) is 1. The van der Waals surface area contributed by atoms with Crippen molar-refractivity contribution in [1.29, 1.82) is 0 Å². The molecular formula is C44H76N2O8S. The first-order valence-electron chi connectivity index (χ1n) is 20.4. The molecule has 0 aromatic heterocycles. The van der Waals surface area contributed by atoms with Crippen LogP contribution in [0.4, 0.5) is 0 Å². The van der Waals surface area contributed by atoms with Crippen LogP contribution in [-0.2, 0) is 35.4 Å². The molecule has 2 aromatic rings. The van der Waals surface area contributed by atoms with Crippen LogP contribution in [0.5, 0.6) is 0 Å². The highest BCUT2D eigenvalue weighted by atomic mass is 32.2. The van der Waals surface area contributed by atoms with Gasteiger partial charge in [-0.15, -0.1) is 0 Å². The fourth-order valence-electron chi connectivity index (χ4n) is 6.28. The van der Waals surface area contributed by atoms with E-state index in [1.54, 1.807) is 20.3 Å². The number of ether oxygens (including phenoxy) is 3. The number of aryl methyl sites for hydroxylation is 1. The second kappa shape index (κ2) is 30.3. The summed E-state index contributed by atoms with van der Waals surface area (Å²) in [4.78, 5) is 27.1. The fourth-order valence-corrected chi connectivity index (χ4v) is 6.94. The largest absolute Gasteiger partial charge is 0.480 e. The second-order valence-electron chi connectivity index (χ2n) is 14.3. The van der Waals surface area contributed by atoms with E-state index in [1.807, 2.05) is 64.3 Å². The minimum absolute atomic E-state index is 0.188. The summed E-state index contributed by atoms with van der Waals surface area (Å²) in [6.07, 6.45) is 15.0. The molecular weight excluding hydrogens is 717 g/mol. The summed E-state index contributed by atoms with van der Waals surface area (Å²) >= 11 is 0. The summed E-state index contributed by atoms with van der Waals surface area (Å²) in [7, 11) is 1.72. The number of benzene rings is 2. The van der Waals surface area contributed by atoms with Crippen molar-refractivity contribution in [2.45, 2.75) is 150 Å². The Morgan fingerprint density at radius 3 is 1.98 bits per heavy atom. The van der Waals surface area contributed by atoms with Crippen LogP contribution in [0.25, 0.3) is 11.1 Å². The SMILES string of the molecule is CC.CCCC(C)OC(C)CC.COC.COC1CCCCC1.Cc1ccccc1-c1cc(CN2CCCC2)ccc1C(=O)NC(CCS(C)(=O)=O)C(=O)O. The maximum atomic E-state index is 13.1. The lowest BCUT2D eigenvalue weighted by Crippen LogP contribution is -2.42. The van der Waals surface area contributed by atoms with Crippen LogP contribution in [0.15, 0.2) is 42.5 Å². The lowest BCUT2D eigenvalue weighted by atomic mass is 9.93. The van der Waals surface area contributed by atoms with Gasteiger partial charge in [0.2, 0.25) is 0 Å². The van der Waals surface area contributed by atoms with Crippen LogP contribution in [0.2, 0.25) is 0 Å². The van der Waals surface area contributed by atoms with E-state index in [4.69, 9.17) is 9.47 Å². The van der Waals surface area contributed by atoms with E-state index < -0.39 is 27.8 Å². The highest BCUT2D eigenvalue weighted by Crippen LogP contribution is 2.29. The number of aliphatic carboxylic acids is 1. The first-order valence-corrected chi connectivity index (χ1v) is 22.5. The molecule has 2 aliphatic rings. The smallest absolute Gasteiger partial charge is 0.326 e. The van der Waals surface area contributed by atoms with Gasteiger partial charge < -0.3 is 24.6 Å². The molecule has 0 bridgehead atoms. The van der Waals surface area contributed by atoms with Gasteiger partial charge in [0.15, 0.2) is 0 Å². The Bertz CT molecular complexity index is 1420. The van der Waals surface area contributed by atoms with E-state index in [-0.39, 0.29) is 12.2 Å². The number of nitrogens with one attached hydrogen (secondary N) is 1. The highest BCUT2D eigenvalue weighted by molar-refractivity contribution is 7.90. The molecule has 316 valence electrons. The number of amides is 1. The first-order chi connectivity index (χ1) is 26.2. The van der Waals surface area contributed by atoms with Crippen molar-refractivity contribution in [3.05, 3.63) is 59.2 Å². The molecule has 3 atom stereocenters. The molecule has 55 heavy (non-hydrogen) atoms. The molecule has 0 radical (unpaired) electrons. The molecule has 1 saturated carbocycles. The number of methoxy groups -OCH3 is 2. The van der Waals surface area contributed by atoms with Crippen LogP contribution < -0.4 is 5.32 Å². The summed E-state index contributed by atoms with van der Waals surface area (Å²) in [5.74, 6) is -2.11. The fraction of sp³-hybridized carbons (Fsp3) is 0.682. The van der Waals surface area contributed by atoms with Crippen molar-refractivity contribution in [2.75, 3.05) is 46.4 Å². The molecule has 1 aliphatic carbocycles. The molecule has 1 saturated heterocycles. The number of hydrogen-bond acceptors (Lipinski definition) is 8. The normalized spacial score (nSPS) is 15.9. The number of rotatable bonds is 15. The average molecular weight is 793 g/mol. The topological polar surface area (TPSA) is 131 Å². The Morgan fingerprint density at radius 1 is 0.891 bits per heavy atom. The van der Waals surface area contributed by atoms with Crippen molar-refractivity contribution in [3.63, 3.8) is 0 Å². The van der Waals surface area contributed by atoms with Crippen LogP contribution in [0, 0.1) is 6.92 Å². The van der Waals surface area contributed by atoms with E-state index in [2.05, 4.69) is 42.6 Å². The first kappa shape index (κ1) is 52.2. The van der Waals surface area contributed by atoms with Crippen LogP contribution in [0.1, 0.15) is 134 Å². The maximum Gasteiger partial charge on any atom is 0.326 e. The molecule has 3 unspecified atom stereocenters. The predicted octanol–water partition coefficient (Wildman–Crippen LogP) is 9.12. The van der Waals surface area contributed by atoms with E-state index in [9.17, 15) is 23.1 Å². The second-order valence-corrected chi connectivity index (χ2v) is 16.6. The summed E-state index contributed by atoms with van der Waals surface area (Å²) in [5, 5.41) is 12.0. The van der Waals surface area contributed by atoms with Crippen molar-refractivity contribution in [2.24, 2.45) is 0 Å². The minimum Gasteiger partial charge on any atom is -0.480 e. The molecule has 4 rings (SSSR count). The quantitative estimate of drug-likeness (QED) is 0.181. The van der Waals surface area contributed by atoms with Gasteiger partial charge >= 0.3 is 5.97 Å². The molecule has 2 N–H and O–H groups in total. The zero-order valence-electron chi connectivity index (χ0n) is 36.1. The van der Waals surface area contributed by atoms with E-state index >= 15 is 0 Å². The van der Waals surface area contributed by atoms with E-state index in [0.29, 0.717) is 23.9 Å². The number of nitrogens with zero attached hydrogens (tertiary/aromatic N) is 1. The monoisotopic (exact) mass is 793 g/mol. The lowest BCUT2D eigenvalue weighted by Gasteiger charge is -2.19. The summed E-state index contributed by atoms with van der Waals surface area (Å²) < 4.78 is 38.0. The van der Waals surface area contributed by atoms with Gasteiger partial charge in [0.25, 0.3) is 5.91 Å². The van der Waals surface area contributed by atoms with Gasteiger partial charge in [-0.3, -0.25) is 9.69 Å². The Labute approximate surface area is 335 Å². The van der Waals surface area contributed by atoms with Gasteiger partial charge in [-0.25, -0.2) is 13.2 Å². The van der Waals surface area contributed by atoms with Gasteiger partial charge in [-0.1, -0.05) is 83.7 Å². The van der Waals surface area contributed by atoms with E-state index in [1.165, 1.54) is 57.8 Å². The van der Waals surface area contributed by atoms with Gasteiger partial charge in [0.05, 0.1) is 24.1 Å². The number of carbonyl (C=O) groups excluding carboxylic acids is 1. The van der Waals surface area contributed by atoms with Crippen LogP contribution in [0.3, 0.4) is 0 Å². The van der Waals surface area contributed by atoms with Gasteiger partial charge in [0.1, 0.15) is 15.9 Å². The number of carboxylic acids is 1. The molecule has 2 fully saturated rings. The Kier molecular flexibility index (Phi) is 28.8. The number of hydrogen-bond donors (Lipinski definition) is 2. The Balaban J connectivity index is 0.00000103. The summed E-state index contributed by atoms with van der Waals surface area (Å²) in [5.41, 5.74) is 4.11. The number of carbonyl (C=O) groups is 2. The third-order valence-corrected chi connectivity index (χ3v) is 10.3. The molecule has 2 aromatic carbocycles. The minimum atomic E-state index is -3.35. The van der Waals surface area contributed by atoms with Crippen molar-refractivity contribution >= 4 is 21.7 Å². The zero-order chi connectivity index (χ0) is 41.8. The average Bonchev–Trinajstić information content (AvgIpc) is 3.68. The van der Waals surface area contributed by atoms with Gasteiger partial charge in [0, 0.05) is 39.7 Å². The Morgan fingerprint density at radius 2 is 1.49 bits per heavy atom. The third kappa shape index (κ3) is 23.1. The summed E-state index contributed by atoms with van der Waals surface area (Å²) in [6, 6.07) is 12.1. The van der Waals surface area contributed by atoms with Gasteiger partial charge in [-0.05, 0) is 113 Å². The van der Waals surface area contributed by atoms with Crippen LogP contribution >= 0.6 is 0 Å². The van der Waals surface area contributed by atoms with E-state index in [0.717, 1.165) is 54.6 Å². The Hall–Kier alpha value is -2.83. The third-order valence-electron chi connectivity index (χ3n) is 9.37. The standard InChI is InChI=1S/C24H30N2O5S.C9H20O.C7H14O.C2H6O.C2H6/c1-17-7-3-4-8-19(17)21-15-18(16-26-12-5-6-13-26)9-10-20(21)23(27)25-22(24(28)29)11-14-32(2,30)31;1-5-7-9(4)10-8(3)6-2;1-8-7-5-3-2-4-6-7;1-3-2;1-2/h3-4,7-10,15,22H,5-6,11-14,16H2,1-2H3,(H,25,27)(H,28,29);8-9H,5-7H2,1-4H3;7H,2-6H2,1H3;1-2H3;1-2H3. The van der Waals surface area contributed by atoms with Crippen molar-refractivity contribution in [1.82, 2.24) is 10.2 Å². The molecule has 10 nitrogen and oxygen atoms in total. The predicted molar refractivity (Wildman–Crippen MR) is 228 cm³/mol. The number of carboxylic acid groups (broad SMARTS) is 1. The highest BCUT2D eigenvalue weighted by Gasteiger charge is 2.24. The van der Waals surface area contributed by atoms with Gasteiger partial charge in [-0.2, -0.15) is 0 Å². The lowest BCUT2D eigenvalue weighted by molar-refractivity contribution is -0.139. The molecule has 1 aliphatic heterocycles. The molecule has 11 heteroatoms. The zero-order valence-corrected chi connectivity index (χ0v) is 36.9. The van der Waals surface area contributed by atoms with Crippen LogP contribution in [-0.4, -0.2) is 101 Å². The molecule has 1 heterocycles. The maximum absolute atomic E-state index is 13.1. The summed E-state index contributed by atoms with van der Waals surface area (Å²) in [6.45, 7) is 17.5. The number of sulfone groups is 1. The van der Waals surface area contributed by atoms with Crippen molar-refractivity contribution < 1.29 is 37.3 Å². The molecule has 1 amide bonds.